The quantitative estimate of drug-likeness (QED) is 0.555. The van der Waals surface area contributed by atoms with E-state index < -0.39 is 5.60 Å². The molecule has 0 radical (unpaired) electrons. The minimum absolute atomic E-state index is 0.0325. The SMILES string of the molecule is C=C(C(=O)OC(C)(C)C)C(C)NCC. The molecule has 0 fully saturated rings. The molecule has 0 aromatic rings. The lowest BCUT2D eigenvalue weighted by atomic mass is 10.1. The summed E-state index contributed by atoms with van der Waals surface area (Å²) in [5.41, 5.74) is 0.0214. The van der Waals surface area contributed by atoms with Crippen molar-refractivity contribution in [3.8, 4) is 0 Å². The fourth-order valence-corrected chi connectivity index (χ4v) is 0.950. The molecule has 82 valence electrons. The Bertz CT molecular complexity index is 216. The fraction of sp³-hybridized carbons (Fsp3) is 0.727. The molecule has 0 saturated carbocycles. The maximum atomic E-state index is 11.5. The number of ether oxygens (including phenoxy) is 1. The molecular formula is C11H21NO2. The number of carbonyl (C=O) groups is 1. The van der Waals surface area contributed by atoms with E-state index in [1.165, 1.54) is 0 Å². The van der Waals surface area contributed by atoms with Gasteiger partial charge in [-0.1, -0.05) is 13.5 Å². The first-order valence-corrected chi connectivity index (χ1v) is 4.93. The number of hydrogen-bond donors (Lipinski definition) is 1. The van der Waals surface area contributed by atoms with Gasteiger partial charge in [0.15, 0.2) is 0 Å². The molecule has 0 spiro atoms. The van der Waals surface area contributed by atoms with Crippen LogP contribution in [-0.2, 0) is 9.53 Å². The molecule has 1 atom stereocenters. The topological polar surface area (TPSA) is 38.3 Å². The van der Waals surface area contributed by atoms with Gasteiger partial charge in [-0.2, -0.15) is 0 Å². The van der Waals surface area contributed by atoms with Crippen LogP contribution >= 0.6 is 0 Å². The zero-order valence-corrected chi connectivity index (χ0v) is 9.81. The molecular weight excluding hydrogens is 178 g/mol. The summed E-state index contributed by atoms with van der Waals surface area (Å²) in [6.07, 6.45) is 0. The lowest BCUT2D eigenvalue weighted by molar-refractivity contribution is -0.150. The van der Waals surface area contributed by atoms with Gasteiger partial charge in [-0.25, -0.2) is 4.79 Å². The number of esters is 1. The van der Waals surface area contributed by atoms with E-state index in [0.717, 1.165) is 6.54 Å². The summed E-state index contributed by atoms with van der Waals surface area (Å²) in [5, 5.41) is 3.11. The number of carbonyl (C=O) groups excluding carboxylic acids is 1. The first-order chi connectivity index (χ1) is 6.28. The third-order valence-corrected chi connectivity index (χ3v) is 1.69. The van der Waals surface area contributed by atoms with E-state index in [2.05, 4.69) is 11.9 Å². The largest absolute Gasteiger partial charge is 0.457 e. The van der Waals surface area contributed by atoms with Crippen LogP contribution in [-0.4, -0.2) is 24.2 Å². The Morgan fingerprint density at radius 1 is 1.50 bits per heavy atom. The maximum absolute atomic E-state index is 11.5. The summed E-state index contributed by atoms with van der Waals surface area (Å²) in [4.78, 5) is 11.5. The highest BCUT2D eigenvalue weighted by Crippen LogP contribution is 2.11. The summed E-state index contributed by atoms with van der Waals surface area (Å²) in [6.45, 7) is 13.9. The molecule has 14 heavy (non-hydrogen) atoms. The van der Waals surface area contributed by atoms with Crippen molar-refractivity contribution in [2.45, 2.75) is 46.3 Å². The molecule has 0 aliphatic heterocycles. The van der Waals surface area contributed by atoms with E-state index >= 15 is 0 Å². The molecule has 0 rings (SSSR count). The maximum Gasteiger partial charge on any atom is 0.335 e. The molecule has 0 aromatic heterocycles. The fourth-order valence-electron chi connectivity index (χ4n) is 0.950. The smallest absolute Gasteiger partial charge is 0.335 e. The van der Waals surface area contributed by atoms with Gasteiger partial charge >= 0.3 is 5.97 Å². The van der Waals surface area contributed by atoms with Gasteiger partial charge in [0.05, 0.1) is 0 Å². The van der Waals surface area contributed by atoms with Gasteiger partial charge in [-0.3, -0.25) is 0 Å². The minimum Gasteiger partial charge on any atom is -0.457 e. The predicted molar refractivity (Wildman–Crippen MR) is 58.1 cm³/mol. The van der Waals surface area contributed by atoms with Crippen molar-refractivity contribution in [2.24, 2.45) is 0 Å². The molecule has 0 aromatic carbocycles. The predicted octanol–water partition coefficient (Wildman–Crippen LogP) is 1.88. The first kappa shape index (κ1) is 13.2. The van der Waals surface area contributed by atoms with E-state index in [0.29, 0.717) is 5.57 Å². The van der Waals surface area contributed by atoms with E-state index in [-0.39, 0.29) is 12.0 Å². The van der Waals surface area contributed by atoms with Gasteiger partial charge in [0.2, 0.25) is 0 Å². The Hall–Kier alpha value is -0.830. The van der Waals surface area contributed by atoms with Crippen LogP contribution < -0.4 is 5.32 Å². The highest BCUT2D eigenvalue weighted by Gasteiger charge is 2.21. The summed E-state index contributed by atoms with van der Waals surface area (Å²) >= 11 is 0. The van der Waals surface area contributed by atoms with Crippen molar-refractivity contribution < 1.29 is 9.53 Å². The van der Waals surface area contributed by atoms with Crippen molar-refractivity contribution >= 4 is 5.97 Å². The molecule has 0 amide bonds. The van der Waals surface area contributed by atoms with E-state index in [4.69, 9.17) is 4.74 Å². The van der Waals surface area contributed by atoms with E-state index in [1.54, 1.807) is 0 Å². The molecule has 0 bridgehead atoms. The van der Waals surface area contributed by atoms with Gasteiger partial charge in [0, 0.05) is 11.6 Å². The molecule has 1 unspecified atom stereocenters. The van der Waals surface area contributed by atoms with Crippen molar-refractivity contribution in [3.63, 3.8) is 0 Å². The van der Waals surface area contributed by atoms with Crippen LogP contribution in [0, 0.1) is 0 Å². The van der Waals surface area contributed by atoms with Gasteiger partial charge in [-0.15, -0.1) is 0 Å². The Kier molecular flexibility index (Phi) is 4.85. The second kappa shape index (κ2) is 5.15. The van der Waals surface area contributed by atoms with Crippen LogP contribution in [0.5, 0.6) is 0 Å². The Morgan fingerprint density at radius 3 is 2.36 bits per heavy atom. The monoisotopic (exact) mass is 199 g/mol. The highest BCUT2D eigenvalue weighted by atomic mass is 16.6. The third kappa shape index (κ3) is 5.02. The minimum atomic E-state index is -0.452. The Morgan fingerprint density at radius 2 is 2.00 bits per heavy atom. The standard InChI is InChI=1S/C11H21NO2/c1-7-12-9(3)8(2)10(13)14-11(4,5)6/h9,12H,2,7H2,1,3-6H3. The number of rotatable bonds is 4. The normalized spacial score (nSPS) is 13.5. The van der Waals surface area contributed by atoms with Crippen LogP contribution in [0.2, 0.25) is 0 Å². The zero-order chi connectivity index (χ0) is 11.4. The van der Waals surface area contributed by atoms with Crippen LogP contribution in [0.15, 0.2) is 12.2 Å². The summed E-state index contributed by atoms with van der Waals surface area (Å²) in [7, 11) is 0. The Labute approximate surface area is 86.5 Å². The highest BCUT2D eigenvalue weighted by molar-refractivity contribution is 5.89. The van der Waals surface area contributed by atoms with Crippen molar-refractivity contribution in [2.75, 3.05) is 6.54 Å². The molecule has 3 heteroatoms. The van der Waals surface area contributed by atoms with Gasteiger partial charge in [0.25, 0.3) is 0 Å². The molecule has 0 saturated heterocycles. The second-order valence-corrected chi connectivity index (χ2v) is 4.31. The van der Waals surface area contributed by atoms with Gasteiger partial charge in [0.1, 0.15) is 5.60 Å². The first-order valence-electron chi connectivity index (χ1n) is 4.93. The lowest BCUT2D eigenvalue weighted by Gasteiger charge is -2.22. The number of nitrogens with one attached hydrogen (secondary N) is 1. The molecule has 0 aliphatic rings. The lowest BCUT2D eigenvalue weighted by Crippen LogP contribution is -2.34. The zero-order valence-electron chi connectivity index (χ0n) is 9.81. The molecule has 0 aliphatic carbocycles. The van der Waals surface area contributed by atoms with Crippen molar-refractivity contribution in [3.05, 3.63) is 12.2 Å². The Balaban J connectivity index is 4.19. The van der Waals surface area contributed by atoms with Gasteiger partial charge < -0.3 is 10.1 Å². The summed E-state index contributed by atoms with van der Waals surface area (Å²) in [6, 6.07) is -0.0325. The molecule has 0 heterocycles. The second-order valence-electron chi connectivity index (χ2n) is 4.31. The van der Waals surface area contributed by atoms with Crippen molar-refractivity contribution in [1.82, 2.24) is 5.32 Å². The molecule has 1 N–H and O–H groups in total. The summed E-state index contributed by atoms with van der Waals surface area (Å²) < 4.78 is 5.19. The van der Waals surface area contributed by atoms with E-state index in [1.807, 2.05) is 34.6 Å². The van der Waals surface area contributed by atoms with Crippen LogP contribution in [0.25, 0.3) is 0 Å². The van der Waals surface area contributed by atoms with Crippen molar-refractivity contribution in [1.29, 1.82) is 0 Å². The van der Waals surface area contributed by atoms with Crippen LogP contribution in [0.3, 0.4) is 0 Å². The van der Waals surface area contributed by atoms with Crippen LogP contribution in [0.1, 0.15) is 34.6 Å². The summed E-state index contributed by atoms with van der Waals surface area (Å²) in [5.74, 6) is -0.328. The van der Waals surface area contributed by atoms with Crippen LogP contribution in [0.4, 0.5) is 0 Å². The van der Waals surface area contributed by atoms with Gasteiger partial charge in [-0.05, 0) is 34.2 Å². The van der Waals surface area contributed by atoms with E-state index in [9.17, 15) is 4.79 Å². The number of likely N-dealkylation sites (N-methyl/N-ethyl adjacent to an activating group) is 1. The average molecular weight is 199 g/mol. The molecule has 3 nitrogen and oxygen atoms in total. The third-order valence-electron chi connectivity index (χ3n) is 1.69. The number of hydrogen-bond acceptors (Lipinski definition) is 3. The average Bonchev–Trinajstić information content (AvgIpc) is 2.00.